The average molecular weight is 305 g/mol. The van der Waals surface area contributed by atoms with Gasteiger partial charge in [-0.05, 0) is 40.5 Å². The topological polar surface area (TPSA) is 55.1 Å². The predicted octanol–water partition coefficient (Wildman–Crippen LogP) is 2.51. The first kappa shape index (κ1) is 13.1. The smallest absolute Gasteiger partial charge is 0.231 e. The van der Waals surface area contributed by atoms with Crippen LogP contribution in [0.15, 0.2) is 16.6 Å². The van der Waals surface area contributed by atoms with Gasteiger partial charge in [-0.25, -0.2) is 4.39 Å². The van der Waals surface area contributed by atoms with E-state index in [4.69, 9.17) is 5.73 Å². The molecule has 0 radical (unpaired) electrons. The maximum Gasteiger partial charge on any atom is 0.231 e. The van der Waals surface area contributed by atoms with Crippen LogP contribution in [0.5, 0.6) is 0 Å². The minimum absolute atomic E-state index is 0.0240. The molecule has 3 N–H and O–H groups in total. The van der Waals surface area contributed by atoms with Gasteiger partial charge >= 0.3 is 0 Å². The van der Waals surface area contributed by atoms with Crippen LogP contribution in [0.3, 0.4) is 0 Å². The normalized spacial score (nSPS) is 9.94. The van der Waals surface area contributed by atoms with E-state index in [2.05, 4.69) is 33.5 Å². The number of carbonyl (C=O) groups excluding carboxylic acids is 1. The third-order valence-electron chi connectivity index (χ3n) is 1.88. The van der Waals surface area contributed by atoms with Crippen molar-refractivity contribution in [2.75, 3.05) is 5.32 Å². The average Bonchev–Trinajstić information content (AvgIpc) is 2.12. The Kier molecular flexibility index (Phi) is 4.37. The van der Waals surface area contributed by atoms with E-state index in [1.54, 1.807) is 6.92 Å². The maximum absolute atomic E-state index is 13.1. The van der Waals surface area contributed by atoms with Crippen molar-refractivity contribution in [2.24, 2.45) is 5.73 Å². The highest BCUT2D eigenvalue weighted by molar-refractivity contribution is 9.10. The molecule has 0 saturated heterocycles. The van der Waals surface area contributed by atoms with Gasteiger partial charge in [-0.3, -0.25) is 4.79 Å². The van der Waals surface area contributed by atoms with Crippen molar-refractivity contribution in [1.29, 1.82) is 0 Å². The van der Waals surface area contributed by atoms with Crippen LogP contribution in [0.1, 0.15) is 12.0 Å². The van der Waals surface area contributed by atoms with Crippen molar-refractivity contribution in [2.45, 2.75) is 13.3 Å². The third-order valence-corrected chi connectivity index (χ3v) is 2.63. The molecule has 0 spiro atoms. The zero-order chi connectivity index (χ0) is 12.3. The van der Waals surface area contributed by atoms with Gasteiger partial charge in [0.15, 0.2) is 0 Å². The molecule has 6 heteroatoms. The maximum atomic E-state index is 13.1. The van der Waals surface area contributed by atoms with Gasteiger partial charge in [0.05, 0.1) is 15.9 Å². The fourth-order valence-electron chi connectivity index (χ4n) is 1.13. The molecule has 0 fully saturated rings. The van der Waals surface area contributed by atoms with E-state index in [1.165, 1.54) is 12.1 Å². The number of hydrogen-bond donors (Lipinski definition) is 2. The number of aryl methyl sites for hydroxylation is 1. The fraction of sp³-hybridized carbons (Fsp3) is 0.200. The summed E-state index contributed by atoms with van der Waals surface area (Å²) in [5, 5.41) is 2.61. The minimum Gasteiger partial charge on any atom is -0.393 e. The number of hydrogen-bond acceptors (Lipinski definition) is 2. The highest BCUT2D eigenvalue weighted by Gasteiger charge is 2.09. The molecule has 0 aliphatic heterocycles. The summed E-state index contributed by atoms with van der Waals surface area (Å²) in [7, 11) is 0. The summed E-state index contributed by atoms with van der Waals surface area (Å²) in [5.74, 6) is -0.682. The molecule has 0 saturated carbocycles. The number of benzene rings is 1. The van der Waals surface area contributed by atoms with Crippen molar-refractivity contribution < 1.29 is 9.18 Å². The summed E-state index contributed by atoms with van der Waals surface area (Å²) in [6.07, 6.45) is -0.0240. The summed E-state index contributed by atoms with van der Waals surface area (Å²) in [5.41, 5.74) is 6.41. The van der Waals surface area contributed by atoms with Crippen molar-refractivity contribution >= 4 is 44.7 Å². The van der Waals surface area contributed by atoms with E-state index in [9.17, 15) is 9.18 Å². The molecule has 0 heterocycles. The van der Waals surface area contributed by atoms with E-state index in [1.807, 2.05) is 0 Å². The molecular formula is C10H10BrFN2OS. The van der Waals surface area contributed by atoms with Gasteiger partial charge in [0, 0.05) is 5.69 Å². The Morgan fingerprint density at radius 1 is 1.62 bits per heavy atom. The van der Waals surface area contributed by atoms with Crippen molar-refractivity contribution in [1.82, 2.24) is 0 Å². The van der Waals surface area contributed by atoms with Crippen LogP contribution in [-0.4, -0.2) is 10.9 Å². The van der Waals surface area contributed by atoms with Crippen molar-refractivity contribution in [3.05, 3.63) is 28.0 Å². The molecule has 0 bridgehead atoms. The molecule has 1 rings (SSSR count). The number of nitrogens with two attached hydrogens (primary N) is 1. The Hall–Kier alpha value is -1.01. The third kappa shape index (κ3) is 3.53. The van der Waals surface area contributed by atoms with Gasteiger partial charge in [0.2, 0.25) is 5.91 Å². The molecule has 1 aromatic rings. The standard InChI is InChI=1S/C10H10BrFN2OS/c1-5-2-7(12)6(11)3-8(5)14-10(15)4-9(13)16/h2-3H,4H2,1H3,(H2,13,16)(H,14,15). The molecule has 16 heavy (non-hydrogen) atoms. The lowest BCUT2D eigenvalue weighted by Crippen LogP contribution is -2.20. The first-order chi connectivity index (χ1) is 7.40. The molecule has 0 aliphatic rings. The zero-order valence-corrected chi connectivity index (χ0v) is 10.9. The van der Waals surface area contributed by atoms with Crippen molar-refractivity contribution in [3.63, 3.8) is 0 Å². The Morgan fingerprint density at radius 3 is 2.81 bits per heavy atom. The van der Waals surface area contributed by atoms with E-state index >= 15 is 0 Å². The Bertz CT molecular complexity index is 451. The summed E-state index contributed by atoms with van der Waals surface area (Å²) in [6, 6.07) is 2.84. The highest BCUT2D eigenvalue weighted by Crippen LogP contribution is 2.24. The number of nitrogens with one attached hydrogen (secondary N) is 1. The second-order valence-corrected chi connectivity index (χ2v) is 4.65. The first-order valence-corrected chi connectivity index (χ1v) is 5.64. The van der Waals surface area contributed by atoms with E-state index in [0.29, 0.717) is 15.7 Å². The summed E-state index contributed by atoms with van der Waals surface area (Å²) >= 11 is 7.66. The van der Waals surface area contributed by atoms with E-state index in [0.717, 1.165) is 0 Å². The summed E-state index contributed by atoms with van der Waals surface area (Å²) < 4.78 is 13.4. The van der Waals surface area contributed by atoms with Crippen LogP contribution in [0.25, 0.3) is 0 Å². The van der Waals surface area contributed by atoms with Gasteiger partial charge in [-0.15, -0.1) is 0 Å². The fourth-order valence-corrected chi connectivity index (χ4v) is 1.61. The summed E-state index contributed by atoms with van der Waals surface area (Å²) in [4.78, 5) is 11.5. The second-order valence-electron chi connectivity index (χ2n) is 3.27. The molecule has 1 amide bonds. The number of halogens is 2. The number of rotatable bonds is 3. The molecule has 86 valence electrons. The van der Waals surface area contributed by atoms with E-state index in [-0.39, 0.29) is 23.1 Å². The van der Waals surface area contributed by atoms with Crippen LogP contribution < -0.4 is 11.1 Å². The lowest BCUT2D eigenvalue weighted by molar-refractivity contribution is -0.115. The molecule has 0 atom stereocenters. The Balaban J connectivity index is 2.85. The number of anilines is 1. The molecule has 0 aliphatic carbocycles. The molecular weight excluding hydrogens is 295 g/mol. The number of carbonyl (C=O) groups is 1. The van der Waals surface area contributed by atoms with Gasteiger partial charge in [0.1, 0.15) is 5.82 Å². The predicted molar refractivity (Wildman–Crippen MR) is 68.9 cm³/mol. The van der Waals surface area contributed by atoms with Crippen LogP contribution in [0.2, 0.25) is 0 Å². The quantitative estimate of drug-likeness (QED) is 0.844. The largest absolute Gasteiger partial charge is 0.393 e. The SMILES string of the molecule is Cc1cc(F)c(Br)cc1NC(=O)CC(N)=S. The lowest BCUT2D eigenvalue weighted by atomic mass is 10.2. The monoisotopic (exact) mass is 304 g/mol. The van der Waals surface area contributed by atoms with Crippen LogP contribution in [-0.2, 0) is 4.79 Å². The molecule has 3 nitrogen and oxygen atoms in total. The molecule has 0 aromatic heterocycles. The number of amides is 1. The van der Waals surface area contributed by atoms with Gasteiger partial charge < -0.3 is 11.1 Å². The summed E-state index contributed by atoms with van der Waals surface area (Å²) in [6.45, 7) is 1.70. The van der Waals surface area contributed by atoms with Gasteiger partial charge in [0.25, 0.3) is 0 Å². The van der Waals surface area contributed by atoms with Crippen molar-refractivity contribution in [3.8, 4) is 0 Å². The number of thiocarbonyl (C=S) groups is 1. The first-order valence-electron chi connectivity index (χ1n) is 4.44. The highest BCUT2D eigenvalue weighted by atomic mass is 79.9. The van der Waals surface area contributed by atoms with Crippen LogP contribution in [0, 0.1) is 12.7 Å². The van der Waals surface area contributed by atoms with E-state index < -0.39 is 0 Å². The second kappa shape index (κ2) is 5.36. The van der Waals surface area contributed by atoms with Gasteiger partial charge in [-0.1, -0.05) is 12.2 Å². The minimum atomic E-state index is -0.371. The lowest BCUT2D eigenvalue weighted by Gasteiger charge is -2.09. The Morgan fingerprint density at radius 2 is 2.25 bits per heavy atom. The zero-order valence-electron chi connectivity index (χ0n) is 8.51. The van der Waals surface area contributed by atoms with Gasteiger partial charge in [-0.2, -0.15) is 0 Å². The van der Waals surface area contributed by atoms with Crippen LogP contribution >= 0.6 is 28.1 Å². The Labute approximate surface area is 106 Å². The molecule has 1 aromatic carbocycles. The van der Waals surface area contributed by atoms with Crippen LogP contribution in [0.4, 0.5) is 10.1 Å². The molecule has 0 unspecified atom stereocenters.